The van der Waals surface area contributed by atoms with Crippen molar-refractivity contribution >= 4 is 23.3 Å². The van der Waals surface area contributed by atoms with Crippen LogP contribution in [0, 0.1) is 34.5 Å². The number of alkyl halides is 3. The number of allylic oxidation sites excluding steroid dienone is 4. The zero-order chi connectivity index (χ0) is 25.9. The molecular weight excluding hydrogens is 481 g/mol. The van der Waals surface area contributed by atoms with Gasteiger partial charge in [0, 0.05) is 23.2 Å². The lowest BCUT2D eigenvalue weighted by Gasteiger charge is -2.54. The van der Waals surface area contributed by atoms with Gasteiger partial charge >= 0.3 is 6.18 Å². The fourth-order valence-electron chi connectivity index (χ4n) is 7.87. The van der Waals surface area contributed by atoms with Crippen LogP contribution in [0.1, 0.15) is 70.3 Å². The largest absolute Gasteiger partial charge is 0.457 e. The van der Waals surface area contributed by atoms with Gasteiger partial charge in [0.05, 0.1) is 5.41 Å². The van der Waals surface area contributed by atoms with Gasteiger partial charge in [-0.2, -0.15) is 13.2 Å². The van der Waals surface area contributed by atoms with Gasteiger partial charge in [0.1, 0.15) is 5.78 Å². The van der Waals surface area contributed by atoms with E-state index in [-0.39, 0.29) is 29.3 Å². The van der Waals surface area contributed by atoms with Crippen LogP contribution in [-0.2, 0) is 9.59 Å². The number of hydrogen-bond donors (Lipinski definition) is 0. The molecule has 0 radical (unpaired) electrons. The standard InChI is InChI=1S/C30H31F3O2S/c1-18(34)29(14-15-30(31,32)33)13-12-26-24-10-6-20-16-21(35)7-11-23(20)27(24)25(17-28(26,29)2)19-4-8-22(36-3)9-5-19/h4-5,8-9,16,24-26H,6-7,10-13,17H2,1-3H3/t24-,25+,26-,28-,29-/m0/s1. The molecule has 4 aliphatic carbocycles. The lowest BCUT2D eigenvalue weighted by atomic mass is 9.48. The summed E-state index contributed by atoms with van der Waals surface area (Å²) in [5, 5.41) is 0. The average Bonchev–Trinajstić information content (AvgIpc) is 3.14. The van der Waals surface area contributed by atoms with E-state index in [1.54, 1.807) is 11.8 Å². The molecule has 2 saturated carbocycles. The molecule has 0 heterocycles. The topological polar surface area (TPSA) is 34.1 Å². The molecule has 0 N–H and O–H groups in total. The third-order valence-corrected chi connectivity index (χ3v) is 10.2. The highest BCUT2D eigenvalue weighted by Gasteiger charge is 2.65. The fraction of sp³-hybridized carbons (Fsp3) is 0.533. The van der Waals surface area contributed by atoms with Crippen molar-refractivity contribution < 1.29 is 22.8 Å². The summed E-state index contributed by atoms with van der Waals surface area (Å²) in [7, 11) is 0. The van der Waals surface area contributed by atoms with Crippen molar-refractivity contribution in [3.8, 4) is 11.8 Å². The summed E-state index contributed by atoms with van der Waals surface area (Å²) in [4.78, 5) is 26.5. The van der Waals surface area contributed by atoms with Crippen molar-refractivity contribution in [2.24, 2.45) is 22.7 Å². The number of Topliss-reactive ketones (excluding diaryl/α,β-unsaturated/α-hetero) is 1. The lowest BCUT2D eigenvalue weighted by molar-refractivity contribution is -0.130. The van der Waals surface area contributed by atoms with Gasteiger partial charge in [-0.15, -0.1) is 11.8 Å². The van der Waals surface area contributed by atoms with Crippen molar-refractivity contribution in [2.45, 2.75) is 75.8 Å². The van der Waals surface area contributed by atoms with Crippen LogP contribution in [-0.4, -0.2) is 24.0 Å². The lowest BCUT2D eigenvalue weighted by Crippen LogP contribution is -2.50. The third-order valence-electron chi connectivity index (χ3n) is 9.47. The fourth-order valence-corrected chi connectivity index (χ4v) is 8.28. The zero-order valence-electron chi connectivity index (χ0n) is 20.9. The Morgan fingerprint density at radius 2 is 1.83 bits per heavy atom. The predicted molar refractivity (Wildman–Crippen MR) is 135 cm³/mol. The Labute approximate surface area is 215 Å². The summed E-state index contributed by atoms with van der Waals surface area (Å²) < 4.78 is 39.8. The molecule has 2 fully saturated rings. The van der Waals surface area contributed by atoms with Gasteiger partial charge in [0.15, 0.2) is 5.78 Å². The van der Waals surface area contributed by atoms with E-state index in [1.165, 1.54) is 24.0 Å². The minimum Gasteiger partial charge on any atom is -0.298 e. The van der Waals surface area contributed by atoms with Crippen molar-refractivity contribution in [1.29, 1.82) is 0 Å². The normalized spacial score (nSPS) is 33.7. The summed E-state index contributed by atoms with van der Waals surface area (Å²) in [5.74, 6) is 4.21. The Morgan fingerprint density at radius 3 is 2.47 bits per heavy atom. The minimum atomic E-state index is -4.63. The van der Waals surface area contributed by atoms with E-state index in [2.05, 4.69) is 30.2 Å². The SMILES string of the molecule is CSc1ccc([C@H]2C[C@@]3(C)[C@@H](CC[C@]3(C#CC(F)(F)F)C(C)=O)[C@@H]3CCC4=CC(=O)CCC4=C32)cc1. The molecule has 5 atom stereocenters. The molecule has 1 aromatic rings. The highest BCUT2D eigenvalue weighted by molar-refractivity contribution is 7.98. The highest BCUT2D eigenvalue weighted by atomic mass is 32.2. The maximum absolute atomic E-state index is 13.3. The maximum Gasteiger partial charge on any atom is 0.457 e. The molecule has 2 nitrogen and oxygen atoms in total. The first-order chi connectivity index (χ1) is 17.0. The van der Waals surface area contributed by atoms with Gasteiger partial charge in [-0.05, 0) is 104 Å². The third kappa shape index (κ3) is 3.99. The summed E-state index contributed by atoms with van der Waals surface area (Å²) in [6.45, 7) is 3.45. The second-order valence-corrected chi connectivity index (χ2v) is 11.9. The summed E-state index contributed by atoms with van der Waals surface area (Å²) in [6, 6.07) is 8.44. The van der Waals surface area contributed by atoms with Gasteiger partial charge in [0.25, 0.3) is 0 Å². The Balaban J connectivity index is 1.70. The van der Waals surface area contributed by atoms with E-state index < -0.39 is 17.0 Å². The van der Waals surface area contributed by atoms with Gasteiger partial charge in [-0.25, -0.2) is 0 Å². The molecule has 36 heavy (non-hydrogen) atoms. The Kier molecular flexibility index (Phi) is 6.31. The molecule has 0 spiro atoms. The van der Waals surface area contributed by atoms with Gasteiger partial charge < -0.3 is 0 Å². The van der Waals surface area contributed by atoms with Crippen molar-refractivity contribution in [2.75, 3.05) is 6.26 Å². The molecule has 0 aliphatic heterocycles. The maximum atomic E-state index is 13.3. The van der Waals surface area contributed by atoms with Crippen molar-refractivity contribution in [3.05, 3.63) is 52.6 Å². The quantitative estimate of drug-likeness (QED) is 0.312. The number of thioether (sulfide) groups is 1. The Hall–Kier alpha value is -2.26. The van der Waals surface area contributed by atoms with Crippen LogP contribution in [0.25, 0.3) is 0 Å². The Morgan fingerprint density at radius 1 is 1.11 bits per heavy atom. The monoisotopic (exact) mass is 512 g/mol. The van der Waals surface area contributed by atoms with Crippen molar-refractivity contribution in [3.63, 3.8) is 0 Å². The number of hydrogen-bond acceptors (Lipinski definition) is 3. The molecule has 5 rings (SSSR count). The predicted octanol–water partition coefficient (Wildman–Crippen LogP) is 7.45. The molecule has 0 saturated heterocycles. The van der Waals surface area contributed by atoms with Crippen molar-refractivity contribution in [1.82, 2.24) is 0 Å². The van der Waals surface area contributed by atoms with Gasteiger partial charge in [-0.3, -0.25) is 9.59 Å². The smallest absolute Gasteiger partial charge is 0.298 e. The molecule has 0 amide bonds. The van der Waals surface area contributed by atoms with E-state index in [0.29, 0.717) is 25.7 Å². The summed E-state index contributed by atoms with van der Waals surface area (Å²) in [6.07, 6.45) is 3.74. The number of fused-ring (bicyclic) bond motifs is 4. The molecule has 0 unspecified atom stereocenters. The van der Waals surface area contributed by atoms with E-state index >= 15 is 0 Å². The molecular formula is C30H31F3O2S. The number of benzene rings is 1. The number of ketones is 2. The molecule has 1 aromatic carbocycles. The van der Waals surface area contributed by atoms with Gasteiger partial charge in [-0.1, -0.05) is 30.6 Å². The molecule has 6 heteroatoms. The van der Waals surface area contributed by atoms with Crippen LogP contribution in [0.5, 0.6) is 0 Å². The first kappa shape index (κ1) is 25.4. The number of halogens is 3. The van der Waals surface area contributed by atoms with Crippen LogP contribution >= 0.6 is 11.8 Å². The second kappa shape index (κ2) is 8.94. The minimum absolute atomic E-state index is 0.0106. The Bertz CT molecular complexity index is 1230. The molecule has 0 bridgehead atoms. The number of rotatable bonds is 3. The van der Waals surface area contributed by atoms with Crippen LogP contribution < -0.4 is 0 Å². The summed E-state index contributed by atoms with van der Waals surface area (Å²) in [5.41, 5.74) is 2.95. The van der Waals surface area contributed by atoms with Gasteiger partial charge in [0.2, 0.25) is 0 Å². The van der Waals surface area contributed by atoms with E-state index in [9.17, 15) is 22.8 Å². The van der Waals surface area contributed by atoms with Crippen LogP contribution in [0.3, 0.4) is 0 Å². The first-order valence-corrected chi connectivity index (χ1v) is 13.9. The van der Waals surface area contributed by atoms with E-state index in [1.807, 2.05) is 19.3 Å². The van der Waals surface area contributed by atoms with E-state index in [0.717, 1.165) is 35.3 Å². The first-order valence-electron chi connectivity index (χ1n) is 12.7. The molecule has 0 aromatic heterocycles. The molecule has 4 aliphatic rings. The van der Waals surface area contributed by atoms with Crippen LogP contribution in [0.15, 0.2) is 52.0 Å². The van der Waals surface area contributed by atoms with Crippen LogP contribution in [0.4, 0.5) is 13.2 Å². The number of carbonyl (C=O) groups is 2. The molecule has 190 valence electrons. The van der Waals surface area contributed by atoms with Crippen LogP contribution in [0.2, 0.25) is 0 Å². The zero-order valence-corrected chi connectivity index (χ0v) is 21.7. The highest BCUT2D eigenvalue weighted by Crippen LogP contribution is 2.69. The second-order valence-electron chi connectivity index (χ2n) is 11.0. The van der Waals surface area contributed by atoms with E-state index in [4.69, 9.17) is 0 Å². The number of carbonyl (C=O) groups excluding carboxylic acids is 2. The summed E-state index contributed by atoms with van der Waals surface area (Å²) >= 11 is 1.66. The average molecular weight is 513 g/mol.